The number of furan rings is 1. The first-order chi connectivity index (χ1) is 4.70. The van der Waals surface area contributed by atoms with Gasteiger partial charge in [-0.3, -0.25) is 0 Å². The lowest BCUT2D eigenvalue weighted by Crippen LogP contribution is -2.36. The molecule has 5 heteroatoms. The Morgan fingerprint density at radius 2 is 2.40 bits per heavy atom. The van der Waals surface area contributed by atoms with Gasteiger partial charge < -0.3 is 17.8 Å². The van der Waals surface area contributed by atoms with Crippen LogP contribution in [0.3, 0.4) is 0 Å². The van der Waals surface area contributed by atoms with Gasteiger partial charge in [-0.25, -0.2) is 0 Å². The summed E-state index contributed by atoms with van der Waals surface area (Å²) in [6.07, 6.45) is 1.31. The Morgan fingerprint density at radius 3 is 3.10 bits per heavy atom. The molecule has 2 rings (SSSR count). The minimum atomic E-state index is -3.57. The SMILES string of the molecule is F[B-]1(F)NCc2ccc[o+]21. The van der Waals surface area contributed by atoms with Crippen molar-refractivity contribution in [2.45, 2.75) is 6.54 Å². The number of halogens is 2. The second kappa shape index (κ2) is 1.60. The van der Waals surface area contributed by atoms with Gasteiger partial charge in [-0.05, 0) is 0 Å². The van der Waals surface area contributed by atoms with Gasteiger partial charge in [0.05, 0.1) is 6.54 Å². The maximum atomic E-state index is 12.6. The van der Waals surface area contributed by atoms with E-state index in [4.69, 9.17) is 0 Å². The van der Waals surface area contributed by atoms with Gasteiger partial charge in [0, 0.05) is 12.1 Å². The van der Waals surface area contributed by atoms with Gasteiger partial charge in [-0.1, -0.05) is 0 Å². The number of hydrogen-bond acceptors (Lipinski definition) is 1. The van der Waals surface area contributed by atoms with E-state index in [-0.39, 0.29) is 6.54 Å². The van der Waals surface area contributed by atoms with Gasteiger partial charge in [-0.2, -0.15) is 0 Å². The fraction of sp³-hybridized carbons (Fsp3) is 0.200. The third kappa shape index (κ3) is 0.608. The van der Waals surface area contributed by atoms with E-state index < -0.39 is 7.04 Å². The minimum Gasteiger partial charge on any atom is -0.723 e. The molecule has 0 amide bonds. The first kappa shape index (κ1) is 5.91. The Labute approximate surface area is 56.6 Å². The second-order valence-corrected chi connectivity index (χ2v) is 2.31. The Kier molecular flexibility index (Phi) is 0.949. The average molecular weight is 145 g/mol. The van der Waals surface area contributed by atoms with Crippen molar-refractivity contribution in [1.82, 2.24) is 5.23 Å². The highest BCUT2D eigenvalue weighted by atomic mass is 19.3. The molecule has 1 N–H and O–H groups in total. The lowest BCUT2D eigenvalue weighted by molar-refractivity contribution is 0.255. The Hall–Kier alpha value is -0.835. The van der Waals surface area contributed by atoms with E-state index in [1.54, 1.807) is 16.1 Å². The van der Waals surface area contributed by atoms with Crippen LogP contribution in [0.1, 0.15) is 5.76 Å². The third-order valence-corrected chi connectivity index (χ3v) is 1.64. The fourth-order valence-corrected chi connectivity index (χ4v) is 1.14. The summed E-state index contributed by atoms with van der Waals surface area (Å²) in [5.74, 6) is 0.574. The first-order valence-electron chi connectivity index (χ1n) is 3.06. The molecule has 0 aromatic carbocycles. The predicted molar refractivity (Wildman–Crippen MR) is 33.5 cm³/mol. The summed E-state index contributed by atoms with van der Waals surface area (Å²) in [7, 11) is -3.57. The maximum absolute atomic E-state index is 12.6. The van der Waals surface area contributed by atoms with Crippen LogP contribution in [0.25, 0.3) is 0 Å². The molecule has 1 aromatic heterocycles. The monoisotopic (exact) mass is 145 g/mol. The molecule has 2 heterocycles. The highest BCUT2D eigenvalue weighted by molar-refractivity contribution is 6.57. The molecule has 10 heavy (non-hydrogen) atoms. The van der Waals surface area contributed by atoms with E-state index in [1.165, 1.54) is 6.26 Å². The Morgan fingerprint density at radius 1 is 1.60 bits per heavy atom. The van der Waals surface area contributed by atoms with Crippen LogP contribution in [0, 0.1) is 0 Å². The summed E-state index contributed by atoms with van der Waals surface area (Å²) in [6.45, 7) is 0.241. The molecule has 0 bridgehead atoms. The van der Waals surface area contributed by atoms with E-state index >= 15 is 0 Å². The molecular formula is C5H6BF2NO. The largest absolute Gasteiger partial charge is 0.782 e. The van der Waals surface area contributed by atoms with Gasteiger partial charge in [0.15, 0.2) is 12.0 Å². The van der Waals surface area contributed by atoms with Gasteiger partial charge in [0.2, 0.25) is 0 Å². The van der Waals surface area contributed by atoms with Crippen LogP contribution in [-0.4, -0.2) is 7.04 Å². The normalized spacial score (nSPS) is 21.0. The molecule has 54 valence electrons. The number of hydrogen-bond donors (Lipinski definition) is 1. The molecule has 0 spiro atoms. The summed E-state index contributed by atoms with van der Waals surface area (Å²) in [6, 6.07) is 3.25. The van der Waals surface area contributed by atoms with Crippen molar-refractivity contribution in [3.63, 3.8) is 0 Å². The summed E-state index contributed by atoms with van der Waals surface area (Å²) in [5, 5.41) is 2.10. The number of nitrogens with one attached hydrogen (secondary N) is 1. The highest BCUT2D eigenvalue weighted by Gasteiger charge is 2.46. The second-order valence-electron chi connectivity index (χ2n) is 2.31. The van der Waals surface area contributed by atoms with Crippen LogP contribution >= 0.6 is 0 Å². The van der Waals surface area contributed by atoms with Crippen LogP contribution < -0.4 is 5.23 Å². The lowest BCUT2D eigenvalue weighted by Gasteiger charge is -2.15. The Bertz CT molecular complexity index is 260. The zero-order chi connectivity index (χ0) is 7.19. The zero-order valence-electron chi connectivity index (χ0n) is 5.18. The van der Waals surface area contributed by atoms with Crippen molar-refractivity contribution >= 4 is 7.04 Å². The van der Waals surface area contributed by atoms with E-state index in [1.807, 2.05) is 0 Å². The molecule has 2 nitrogen and oxygen atoms in total. The van der Waals surface area contributed by atoms with E-state index in [2.05, 4.69) is 5.23 Å². The molecule has 1 aliphatic heterocycles. The molecule has 1 aliphatic rings. The van der Waals surface area contributed by atoms with E-state index in [0.29, 0.717) is 5.76 Å². The topological polar surface area (TPSA) is 14.7 Å². The first-order valence-corrected chi connectivity index (χ1v) is 3.06. The maximum Gasteiger partial charge on any atom is 0.782 e. The number of fused-ring (bicyclic) bond motifs is 1. The minimum absolute atomic E-state index is 0.241. The summed E-state index contributed by atoms with van der Waals surface area (Å²) in [5.41, 5.74) is 0. The van der Waals surface area contributed by atoms with Crippen molar-refractivity contribution in [2.24, 2.45) is 0 Å². The highest BCUT2D eigenvalue weighted by Crippen LogP contribution is 2.27. The van der Waals surface area contributed by atoms with Crippen molar-refractivity contribution in [3.05, 3.63) is 24.2 Å². The molecule has 0 fully saturated rings. The van der Waals surface area contributed by atoms with Crippen LogP contribution in [-0.2, 0) is 6.54 Å². The smallest absolute Gasteiger partial charge is 0.723 e. The van der Waals surface area contributed by atoms with Crippen LogP contribution in [0.2, 0.25) is 0 Å². The van der Waals surface area contributed by atoms with Gasteiger partial charge in [-0.15, -0.1) is 0 Å². The molecule has 0 aliphatic carbocycles. The Balaban J connectivity index is 2.54. The van der Waals surface area contributed by atoms with Crippen LogP contribution in [0.15, 0.2) is 22.4 Å². The van der Waals surface area contributed by atoms with E-state index in [0.717, 1.165) is 0 Å². The van der Waals surface area contributed by atoms with Gasteiger partial charge >= 0.3 is 7.04 Å². The van der Waals surface area contributed by atoms with Crippen molar-refractivity contribution in [1.29, 1.82) is 0 Å². The molecule has 0 saturated heterocycles. The summed E-state index contributed by atoms with van der Waals surface area (Å²) >= 11 is 0. The lowest BCUT2D eigenvalue weighted by atomic mass is 10.1. The molecular weight excluding hydrogens is 139 g/mol. The number of rotatable bonds is 0. The third-order valence-electron chi connectivity index (χ3n) is 1.64. The quantitative estimate of drug-likeness (QED) is 0.429. The zero-order valence-corrected chi connectivity index (χ0v) is 5.18. The van der Waals surface area contributed by atoms with Crippen molar-refractivity contribution in [3.8, 4) is 0 Å². The molecule has 0 unspecified atom stereocenters. The molecule has 0 radical (unpaired) electrons. The average Bonchev–Trinajstić information content (AvgIpc) is 2.36. The van der Waals surface area contributed by atoms with Crippen molar-refractivity contribution < 1.29 is 12.6 Å². The van der Waals surface area contributed by atoms with Crippen LogP contribution in [0.5, 0.6) is 0 Å². The van der Waals surface area contributed by atoms with E-state index in [9.17, 15) is 8.63 Å². The summed E-state index contributed by atoms with van der Waals surface area (Å²) < 4.78 is 27.1. The predicted octanol–water partition coefficient (Wildman–Crippen LogP) is 1.29. The van der Waals surface area contributed by atoms with Crippen LogP contribution in [0.4, 0.5) is 8.63 Å². The fourth-order valence-electron chi connectivity index (χ4n) is 1.14. The standard InChI is InChI=1S/C5H6BF2NO/c7-6(8)9-4-5-2-1-3-10(5)6/h1-3,9H,4H2. The van der Waals surface area contributed by atoms with Gasteiger partial charge in [0.1, 0.15) is 0 Å². The molecule has 0 saturated carbocycles. The van der Waals surface area contributed by atoms with Gasteiger partial charge in [0.25, 0.3) is 0 Å². The summed E-state index contributed by atoms with van der Waals surface area (Å²) in [4.78, 5) is 0. The van der Waals surface area contributed by atoms with Crippen molar-refractivity contribution in [2.75, 3.05) is 0 Å². The molecule has 0 atom stereocenters. The molecule has 1 aromatic rings.